The number of rotatable bonds is 11. The quantitative estimate of drug-likeness (QED) is 0.123. The highest BCUT2D eigenvalue weighted by molar-refractivity contribution is 5.99. The van der Waals surface area contributed by atoms with Crippen molar-refractivity contribution in [3.8, 4) is 17.6 Å². The van der Waals surface area contributed by atoms with Crippen LogP contribution in [0, 0.1) is 23.2 Å². The molecule has 0 amide bonds. The minimum Gasteiger partial charge on any atom is -0.497 e. The molecular formula is C30H35NO5. The Hall–Kier alpha value is -3.59. The first-order chi connectivity index (χ1) is 17.4. The van der Waals surface area contributed by atoms with Gasteiger partial charge in [-0.1, -0.05) is 50.5 Å². The van der Waals surface area contributed by atoms with Crippen molar-refractivity contribution in [2.24, 2.45) is 11.8 Å². The SMILES string of the molecule is CCCCCC(c1ccc(C=C(C#N)C(=O)Oc2ccc(OC)cc2)cc1)C1CCC(C(=O)O)CC1. The van der Waals surface area contributed by atoms with E-state index in [-0.39, 0.29) is 11.5 Å². The first-order valence-electron chi connectivity index (χ1n) is 12.8. The standard InChI is InChI=1S/C30H35NO5/c1-3-4-5-6-28(23-11-13-24(14-12-23)29(32)33)22-9-7-21(8-10-22)19-25(20-31)30(34)36-27-17-15-26(35-2)16-18-27/h7-10,15-19,23-24,28H,3-6,11-14H2,1-2H3,(H,32,33). The van der Waals surface area contributed by atoms with Gasteiger partial charge >= 0.3 is 11.9 Å². The fraction of sp³-hybridized carbons (Fsp3) is 0.433. The van der Waals surface area contributed by atoms with Crippen LogP contribution in [0.15, 0.2) is 54.1 Å². The highest BCUT2D eigenvalue weighted by Crippen LogP contribution is 2.41. The Kier molecular flexibility index (Phi) is 10.1. The molecule has 2 aromatic carbocycles. The van der Waals surface area contributed by atoms with E-state index < -0.39 is 11.9 Å². The van der Waals surface area contributed by atoms with Gasteiger partial charge < -0.3 is 14.6 Å². The molecule has 3 rings (SSSR count). The maximum absolute atomic E-state index is 12.5. The third-order valence-corrected chi connectivity index (χ3v) is 7.09. The van der Waals surface area contributed by atoms with E-state index in [2.05, 4.69) is 19.1 Å². The first-order valence-corrected chi connectivity index (χ1v) is 12.8. The zero-order valence-corrected chi connectivity index (χ0v) is 21.1. The zero-order valence-electron chi connectivity index (χ0n) is 21.1. The van der Waals surface area contributed by atoms with E-state index in [1.165, 1.54) is 12.0 Å². The lowest BCUT2D eigenvalue weighted by Crippen LogP contribution is -2.25. The van der Waals surface area contributed by atoms with Gasteiger partial charge in [0.05, 0.1) is 13.0 Å². The zero-order chi connectivity index (χ0) is 25.9. The Morgan fingerprint density at radius 1 is 1.03 bits per heavy atom. The van der Waals surface area contributed by atoms with Crippen LogP contribution in [0.4, 0.5) is 0 Å². The molecule has 6 nitrogen and oxygen atoms in total. The Bertz CT molecular complexity index is 1070. The first kappa shape index (κ1) is 27.0. The number of benzene rings is 2. The number of carbonyl (C=O) groups excluding carboxylic acids is 1. The van der Waals surface area contributed by atoms with Crippen molar-refractivity contribution in [1.82, 2.24) is 0 Å². The minimum atomic E-state index is -0.709. The second kappa shape index (κ2) is 13.5. The van der Waals surface area contributed by atoms with E-state index in [4.69, 9.17) is 9.47 Å². The van der Waals surface area contributed by atoms with E-state index >= 15 is 0 Å². The van der Waals surface area contributed by atoms with Gasteiger partial charge in [0.15, 0.2) is 0 Å². The predicted molar refractivity (Wildman–Crippen MR) is 139 cm³/mol. The van der Waals surface area contributed by atoms with Crippen molar-refractivity contribution in [1.29, 1.82) is 5.26 Å². The summed E-state index contributed by atoms with van der Waals surface area (Å²) in [5.74, 6) is 0.254. The Labute approximate surface area is 213 Å². The van der Waals surface area contributed by atoms with Crippen molar-refractivity contribution in [3.05, 3.63) is 65.2 Å². The summed E-state index contributed by atoms with van der Waals surface area (Å²) in [6, 6.07) is 16.6. The van der Waals surface area contributed by atoms with Gasteiger partial charge in [-0.15, -0.1) is 0 Å². The summed E-state index contributed by atoms with van der Waals surface area (Å²) in [6.07, 6.45) is 9.48. The second-order valence-electron chi connectivity index (χ2n) is 9.45. The average Bonchev–Trinajstić information content (AvgIpc) is 2.90. The maximum Gasteiger partial charge on any atom is 0.354 e. The number of aliphatic carboxylic acids is 1. The van der Waals surface area contributed by atoms with Crippen molar-refractivity contribution in [2.75, 3.05) is 7.11 Å². The number of unbranched alkanes of at least 4 members (excludes halogenated alkanes) is 2. The minimum absolute atomic E-state index is 0.0787. The molecule has 36 heavy (non-hydrogen) atoms. The molecule has 1 N–H and O–H groups in total. The van der Waals surface area contributed by atoms with Crippen LogP contribution in [0.3, 0.4) is 0 Å². The number of carboxylic acids is 1. The average molecular weight is 490 g/mol. The number of hydrogen-bond donors (Lipinski definition) is 1. The molecule has 1 atom stereocenters. The number of methoxy groups -OCH3 is 1. The molecule has 0 aliphatic heterocycles. The molecule has 6 heteroatoms. The lowest BCUT2D eigenvalue weighted by atomic mass is 9.72. The van der Waals surface area contributed by atoms with Crippen LogP contribution in [0.5, 0.6) is 11.5 Å². The largest absolute Gasteiger partial charge is 0.497 e. The molecule has 190 valence electrons. The lowest BCUT2D eigenvalue weighted by molar-refractivity contribution is -0.143. The van der Waals surface area contributed by atoms with E-state index in [0.29, 0.717) is 23.3 Å². The molecule has 1 saturated carbocycles. The van der Waals surface area contributed by atoms with Crippen LogP contribution in [0.25, 0.3) is 6.08 Å². The number of hydrogen-bond acceptors (Lipinski definition) is 5. The maximum atomic E-state index is 12.5. The highest BCUT2D eigenvalue weighted by atomic mass is 16.5. The van der Waals surface area contributed by atoms with Gasteiger partial charge in [-0.3, -0.25) is 4.79 Å². The third kappa shape index (κ3) is 7.45. The summed E-state index contributed by atoms with van der Waals surface area (Å²) >= 11 is 0. The summed E-state index contributed by atoms with van der Waals surface area (Å²) < 4.78 is 10.4. The van der Waals surface area contributed by atoms with E-state index in [1.54, 1.807) is 37.5 Å². The molecule has 0 spiro atoms. The monoisotopic (exact) mass is 489 g/mol. The number of carboxylic acid groups (broad SMARTS) is 1. The summed E-state index contributed by atoms with van der Waals surface area (Å²) in [5.41, 5.74) is 1.91. The van der Waals surface area contributed by atoms with Crippen molar-refractivity contribution in [3.63, 3.8) is 0 Å². The van der Waals surface area contributed by atoms with Crippen LogP contribution >= 0.6 is 0 Å². The third-order valence-electron chi connectivity index (χ3n) is 7.09. The summed E-state index contributed by atoms with van der Waals surface area (Å²) in [6.45, 7) is 2.20. The summed E-state index contributed by atoms with van der Waals surface area (Å²) in [4.78, 5) is 23.9. The molecule has 0 heterocycles. The van der Waals surface area contributed by atoms with Crippen LogP contribution < -0.4 is 9.47 Å². The van der Waals surface area contributed by atoms with E-state index in [9.17, 15) is 20.0 Å². The number of carbonyl (C=O) groups is 2. The Balaban J connectivity index is 1.71. The van der Waals surface area contributed by atoms with Crippen molar-refractivity contribution < 1.29 is 24.2 Å². The predicted octanol–water partition coefficient (Wildman–Crippen LogP) is 6.76. The van der Waals surface area contributed by atoms with Gasteiger partial charge in [-0.25, -0.2) is 4.79 Å². The second-order valence-corrected chi connectivity index (χ2v) is 9.45. The van der Waals surface area contributed by atoms with Crippen LogP contribution in [-0.2, 0) is 9.59 Å². The fourth-order valence-corrected chi connectivity index (χ4v) is 5.01. The van der Waals surface area contributed by atoms with Crippen LogP contribution in [0.1, 0.15) is 75.3 Å². The molecule has 1 unspecified atom stereocenters. The Morgan fingerprint density at radius 3 is 2.22 bits per heavy atom. The molecule has 1 fully saturated rings. The lowest BCUT2D eigenvalue weighted by Gasteiger charge is -2.33. The van der Waals surface area contributed by atoms with Crippen LogP contribution in [0.2, 0.25) is 0 Å². The Morgan fingerprint density at radius 2 is 1.67 bits per heavy atom. The summed E-state index contributed by atoms with van der Waals surface area (Å²) in [7, 11) is 1.56. The normalized spacial score (nSPS) is 18.6. The smallest absolute Gasteiger partial charge is 0.354 e. The molecule has 1 aliphatic carbocycles. The highest BCUT2D eigenvalue weighted by Gasteiger charge is 2.31. The molecule has 1 aliphatic rings. The van der Waals surface area contributed by atoms with Gasteiger partial charge in [-0.05, 0) is 85.4 Å². The van der Waals surface area contributed by atoms with Gasteiger partial charge in [0.25, 0.3) is 0 Å². The van der Waals surface area contributed by atoms with Gasteiger partial charge in [0, 0.05) is 0 Å². The van der Waals surface area contributed by atoms with Gasteiger partial charge in [0.1, 0.15) is 23.1 Å². The van der Waals surface area contributed by atoms with Crippen LogP contribution in [-0.4, -0.2) is 24.2 Å². The van der Waals surface area contributed by atoms with Gasteiger partial charge in [0.2, 0.25) is 0 Å². The molecule has 0 radical (unpaired) electrons. The molecular weight excluding hydrogens is 454 g/mol. The van der Waals surface area contributed by atoms with E-state index in [1.807, 2.05) is 18.2 Å². The molecule has 2 aromatic rings. The molecule has 0 bridgehead atoms. The van der Waals surface area contributed by atoms with Crippen molar-refractivity contribution in [2.45, 2.75) is 64.2 Å². The number of ether oxygens (including phenoxy) is 2. The van der Waals surface area contributed by atoms with E-state index in [0.717, 1.165) is 50.5 Å². The number of nitrogens with zero attached hydrogens (tertiary/aromatic N) is 1. The van der Waals surface area contributed by atoms with Crippen molar-refractivity contribution >= 4 is 18.0 Å². The molecule has 0 aromatic heterocycles. The topological polar surface area (TPSA) is 96.6 Å². The number of esters is 1. The summed E-state index contributed by atoms with van der Waals surface area (Å²) in [5, 5.41) is 18.9. The van der Waals surface area contributed by atoms with Gasteiger partial charge in [-0.2, -0.15) is 5.26 Å². The number of nitriles is 1. The molecule has 0 saturated heterocycles. The fourth-order valence-electron chi connectivity index (χ4n) is 5.01.